The van der Waals surface area contributed by atoms with E-state index in [0.29, 0.717) is 5.84 Å². The SMILES string of the molecule is CC(=O)C1=NN(c2ccc(C)cc2)C(c2ccc(C)cc2)N1c1ccc(N2CCCC2)cc1. The Hall–Kier alpha value is -3.60. The molecule has 0 aliphatic carbocycles. The molecule has 0 aromatic heterocycles. The van der Waals surface area contributed by atoms with E-state index in [2.05, 4.69) is 96.4 Å². The van der Waals surface area contributed by atoms with Crippen LogP contribution >= 0.6 is 0 Å². The van der Waals surface area contributed by atoms with E-state index in [4.69, 9.17) is 5.10 Å². The third-order valence-corrected chi connectivity index (χ3v) is 6.49. The molecule has 1 unspecified atom stereocenters. The predicted octanol–water partition coefficient (Wildman–Crippen LogP) is 5.83. The van der Waals surface area contributed by atoms with Crippen molar-refractivity contribution in [1.82, 2.24) is 0 Å². The molecule has 1 fully saturated rings. The lowest BCUT2D eigenvalue weighted by Crippen LogP contribution is -2.37. The standard InChI is InChI=1S/C28H30N4O/c1-20-6-10-23(11-7-20)28-31(25-16-14-24(15-17-25)30-18-4-5-19-30)27(22(3)33)29-32(28)26-12-8-21(2)9-13-26/h6-17,28H,4-5,18-19H2,1-3H3. The van der Waals surface area contributed by atoms with Crippen LogP contribution in [0.1, 0.15) is 42.6 Å². The maximum Gasteiger partial charge on any atom is 0.198 e. The molecule has 5 nitrogen and oxygen atoms in total. The fraction of sp³-hybridized carbons (Fsp3) is 0.286. The second-order valence-electron chi connectivity index (χ2n) is 9.02. The van der Waals surface area contributed by atoms with Gasteiger partial charge in [-0.25, -0.2) is 5.01 Å². The lowest BCUT2D eigenvalue weighted by molar-refractivity contribution is -0.111. The number of benzene rings is 3. The van der Waals surface area contributed by atoms with E-state index in [9.17, 15) is 4.79 Å². The van der Waals surface area contributed by atoms with Gasteiger partial charge >= 0.3 is 0 Å². The Bertz CT molecular complexity index is 1160. The highest BCUT2D eigenvalue weighted by molar-refractivity contribution is 6.44. The summed E-state index contributed by atoms with van der Waals surface area (Å²) >= 11 is 0. The summed E-state index contributed by atoms with van der Waals surface area (Å²) in [5.74, 6) is 0.403. The van der Waals surface area contributed by atoms with E-state index in [0.717, 1.165) is 30.0 Å². The summed E-state index contributed by atoms with van der Waals surface area (Å²) < 4.78 is 0. The van der Waals surface area contributed by atoms with Gasteiger partial charge in [-0.05, 0) is 68.7 Å². The number of hydrogen-bond acceptors (Lipinski definition) is 5. The number of aryl methyl sites for hydroxylation is 2. The average Bonchev–Trinajstić information content (AvgIpc) is 3.49. The van der Waals surface area contributed by atoms with Crippen LogP contribution < -0.4 is 14.8 Å². The second kappa shape index (κ2) is 8.74. The van der Waals surface area contributed by atoms with Crippen molar-refractivity contribution >= 4 is 28.7 Å². The van der Waals surface area contributed by atoms with Crippen LogP contribution in [0.4, 0.5) is 17.1 Å². The van der Waals surface area contributed by atoms with Crippen LogP contribution in [0.5, 0.6) is 0 Å². The Morgan fingerprint density at radius 2 is 1.27 bits per heavy atom. The van der Waals surface area contributed by atoms with Crippen LogP contribution in [0.3, 0.4) is 0 Å². The van der Waals surface area contributed by atoms with Crippen molar-refractivity contribution in [3.63, 3.8) is 0 Å². The van der Waals surface area contributed by atoms with E-state index in [-0.39, 0.29) is 11.9 Å². The summed E-state index contributed by atoms with van der Waals surface area (Å²) in [5.41, 5.74) is 6.64. The van der Waals surface area contributed by atoms with E-state index in [1.54, 1.807) is 6.92 Å². The lowest BCUT2D eigenvalue weighted by atomic mass is 10.1. The Labute approximate surface area is 195 Å². The first-order valence-electron chi connectivity index (χ1n) is 11.7. The van der Waals surface area contributed by atoms with Gasteiger partial charge in [0.15, 0.2) is 17.8 Å². The first-order valence-corrected chi connectivity index (χ1v) is 11.7. The molecule has 5 rings (SSSR count). The van der Waals surface area contributed by atoms with Crippen molar-refractivity contribution in [2.45, 2.75) is 39.8 Å². The second-order valence-corrected chi connectivity index (χ2v) is 9.02. The van der Waals surface area contributed by atoms with Crippen LogP contribution in [0, 0.1) is 13.8 Å². The van der Waals surface area contributed by atoms with Crippen molar-refractivity contribution in [3.05, 3.63) is 89.5 Å². The summed E-state index contributed by atoms with van der Waals surface area (Å²) in [7, 11) is 0. The fourth-order valence-electron chi connectivity index (χ4n) is 4.66. The minimum absolute atomic E-state index is 0.0506. The number of amidine groups is 1. The van der Waals surface area contributed by atoms with Gasteiger partial charge in [-0.3, -0.25) is 9.69 Å². The number of carbonyl (C=O) groups excluding carboxylic acids is 1. The third-order valence-electron chi connectivity index (χ3n) is 6.49. The van der Waals surface area contributed by atoms with Gasteiger partial charge in [0.1, 0.15) is 0 Å². The molecule has 1 atom stereocenters. The molecule has 2 heterocycles. The molecule has 0 spiro atoms. The average molecular weight is 439 g/mol. The van der Waals surface area contributed by atoms with Gasteiger partial charge in [0, 0.05) is 31.4 Å². The van der Waals surface area contributed by atoms with E-state index in [1.807, 2.05) is 5.01 Å². The van der Waals surface area contributed by atoms with E-state index in [1.165, 1.54) is 29.7 Å². The van der Waals surface area contributed by atoms with Crippen molar-refractivity contribution in [1.29, 1.82) is 0 Å². The van der Waals surface area contributed by atoms with Gasteiger partial charge in [-0.1, -0.05) is 47.5 Å². The molecule has 1 saturated heterocycles. The number of Topliss-reactive ketones (excluding diaryl/α,β-unsaturated/α-hetero) is 1. The van der Waals surface area contributed by atoms with Crippen molar-refractivity contribution in [3.8, 4) is 0 Å². The monoisotopic (exact) mass is 438 g/mol. The van der Waals surface area contributed by atoms with Gasteiger partial charge < -0.3 is 4.90 Å². The van der Waals surface area contributed by atoms with Gasteiger partial charge in [0.2, 0.25) is 0 Å². The minimum atomic E-state index is -0.246. The number of anilines is 3. The zero-order chi connectivity index (χ0) is 22.9. The molecule has 33 heavy (non-hydrogen) atoms. The van der Waals surface area contributed by atoms with Gasteiger partial charge in [0.05, 0.1) is 5.69 Å². The van der Waals surface area contributed by atoms with Crippen molar-refractivity contribution in [2.75, 3.05) is 27.9 Å². The molecule has 3 aromatic carbocycles. The summed E-state index contributed by atoms with van der Waals surface area (Å²) in [6, 6.07) is 25.4. The highest BCUT2D eigenvalue weighted by Gasteiger charge is 2.39. The molecule has 2 aliphatic rings. The van der Waals surface area contributed by atoms with Gasteiger partial charge in [-0.15, -0.1) is 5.10 Å². The van der Waals surface area contributed by atoms with Crippen LogP contribution in [-0.2, 0) is 4.79 Å². The number of carbonyl (C=O) groups is 1. The Balaban J connectivity index is 1.59. The maximum absolute atomic E-state index is 12.8. The normalized spacial score (nSPS) is 18.1. The molecule has 5 heteroatoms. The first-order chi connectivity index (χ1) is 16.0. The van der Waals surface area contributed by atoms with Crippen molar-refractivity contribution < 1.29 is 4.79 Å². The first kappa shape index (κ1) is 21.3. The Morgan fingerprint density at radius 1 is 0.758 bits per heavy atom. The number of hydrazone groups is 1. The predicted molar refractivity (Wildman–Crippen MR) is 136 cm³/mol. The molecule has 0 bridgehead atoms. The third kappa shape index (κ3) is 4.11. The van der Waals surface area contributed by atoms with Crippen LogP contribution in [-0.4, -0.2) is 24.7 Å². The topological polar surface area (TPSA) is 39.2 Å². The quantitative estimate of drug-likeness (QED) is 0.502. The summed E-state index contributed by atoms with van der Waals surface area (Å²) in [4.78, 5) is 17.3. The highest BCUT2D eigenvalue weighted by atomic mass is 16.1. The van der Waals surface area contributed by atoms with Gasteiger partial charge in [0.25, 0.3) is 0 Å². The summed E-state index contributed by atoms with van der Waals surface area (Å²) in [5, 5.41) is 6.81. The molecule has 168 valence electrons. The molecular formula is C28H30N4O. The molecule has 0 radical (unpaired) electrons. The van der Waals surface area contributed by atoms with E-state index >= 15 is 0 Å². The fourth-order valence-corrected chi connectivity index (χ4v) is 4.66. The molecule has 3 aromatic rings. The Kier molecular flexibility index (Phi) is 5.63. The maximum atomic E-state index is 12.8. The van der Waals surface area contributed by atoms with E-state index < -0.39 is 0 Å². The lowest BCUT2D eigenvalue weighted by Gasteiger charge is -2.32. The molecule has 0 N–H and O–H groups in total. The smallest absolute Gasteiger partial charge is 0.198 e. The zero-order valence-corrected chi connectivity index (χ0v) is 19.5. The summed E-state index contributed by atoms with van der Waals surface area (Å²) in [6.45, 7) is 7.97. The molecule has 0 saturated carbocycles. The van der Waals surface area contributed by atoms with Crippen LogP contribution in [0.2, 0.25) is 0 Å². The van der Waals surface area contributed by atoms with Gasteiger partial charge in [-0.2, -0.15) is 0 Å². The van der Waals surface area contributed by atoms with Crippen LogP contribution in [0.15, 0.2) is 77.9 Å². The minimum Gasteiger partial charge on any atom is -0.372 e. The van der Waals surface area contributed by atoms with Crippen molar-refractivity contribution in [2.24, 2.45) is 5.10 Å². The number of hydrogen-bond donors (Lipinski definition) is 0. The largest absolute Gasteiger partial charge is 0.372 e. The Morgan fingerprint density at radius 3 is 1.85 bits per heavy atom. The van der Waals surface area contributed by atoms with Crippen LogP contribution in [0.25, 0.3) is 0 Å². The number of rotatable bonds is 5. The molecule has 2 aliphatic heterocycles. The molecule has 0 amide bonds. The highest BCUT2D eigenvalue weighted by Crippen LogP contribution is 2.39. The molecular weight excluding hydrogens is 408 g/mol. The number of nitrogens with zero attached hydrogens (tertiary/aromatic N) is 4. The number of ketones is 1. The zero-order valence-electron chi connectivity index (χ0n) is 19.5. The summed E-state index contributed by atoms with van der Waals surface area (Å²) in [6.07, 6.45) is 2.25.